The molecule has 23 heavy (non-hydrogen) atoms. The van der Waals surface area contributed by atoms with Gasteiger partial charge in [0.2, 0.25) is 0 Å². The first-order valence-electron chi connectivity index (χ1n) is 8.12. The van der Waals surface area contributed by atoms with E-state index in [0.717, 1.165) is 31.2 Å². The minimum Gasteiger partial charge on any atom is -0.393 e. The standard InChI is InChI=1S/C17H25N3O3/c1-12-2-4-13(5-3-12)16(22)18-10-11-19-17(23)20-14-6-8-15(21)9-7-14/h2-5,14-15,21H,6-11H2,1H3,(H,18,22)(H2,19,20,23). The van der Waals surface area contributed by atoms with Crippen LogP contribution in [0.15, 0.2) is 24.3 Å². The average molecular weight is 319 g/mol. The Morgan fingerprint density at radius 1 is 1.04 bits per heavy atom. The number of hydrogen-bond donors (Lipinski definition) is 4. The molecule has 6 nitrogen and oxygen atoms in total. The van der Waals surface area contributed by atoms with Crippen LogP contribution >= 0.6 is 0 Å². The number of urea groups is 1. The lowest BCUT2D eigenvalue weighted by Gasteiger charge is -2.26. The molecule has 0 heterocycles. The van der Waals surface area contributed by atoms with Gasteiger partial charge in [-0.2, -0.15) is 0 Å². The van der Waals surface area contributed by atoms with Crippen LogP contribution in [0.4, 0.5) is 4.79 Å². The van der Waals surface area contributed by atoms with Gasteiger partial charge in [-0.1, -0.05) is 17.7 Å². The molecule has 126 valence electrons. The van der Waals surface area contributed by atoms with E-state index in [2.05, 4.69) is 16.0 Å². The number of nitrogens with one attached hydrogen (secondary N) is 3. The van der Waals surface area contributed by atoms with E-state index in [9.17, 15) is 14.7 Å². The molecule has 0 atom stereocenters. The monoisotopic (exact) mass is 319 g/mol. The summed E-state index contributed by atoms with van der Waals surface area (Å²) < 4.78 is 0. The van der Waals surface area contributed by atoms with E-state index in [1.807, 2.05) is 19.1 Å². The third-order valence-electron chi connectivity index (χ3n) is 4.04. The predicted octanol–water partition coefficient (Wildman–Crippen LogP) is 1.33. The van der Waals surface area contributed by atoms with Crippen LogP contribution in [0.1, 0.15) is 41.6 Å². The summed E-state index contributed by atoms with van der Waals surface area (Å²) in [4.78, 5) is 23.6. The van der Waals surface area contributed by atoms with Crippen molar-refractivity contribution in [1.29, 1.82) is 0 Å². The SMILES string of the molecule is Cc1ccc(C(=O)NCCNC(=O)NC2CCC(O)CC2)cc1. The first-order chi connectivity index (χ1) is 11.0. The number of carbonyl (C=O) groups is 2. The van der Waals surface area contributed by atoms with Crippen molar-refractivity contribution in [2.24, 2.45) is 0 Å². The zero-order valence-corrected chi connectivity index (χ0v) is 13.5. The van der Waals surface area contributed by atoms with Crippen LogP contribution in [0.2, 0.25) is 0 Å². The zero-order chi connectivity index (χ0) is 16.7. The molecule has 6 heteroatoms. The van der Waals surface area contributed by atoms with E-state index < -0.39 is 0 Å². The minimum absolute atomic E-state index is 0.126. The van der Waals surface area contributed by atoms with E-state index in [-0.39, 0.29) is 24.1 Å². The van der Waals surface area contributed by atoms with Crippen molar-refractivity contribution in [3.05, 3.63) is 35.4 Å². The maximum atomic E-state index is 11.9. The summed E-state index contributed by atoms with van der Waals surface area (Å²) in [5.41, 5.74) is 1.72. The molecule has 4 N–H and O–H groups in total. The van der Waals surface area contributed by atoms with Crippen molar-refractivity contribution in [1.82, 2.24) is 16.0 Å². The molecule has 1 aromatic rings. The number of aliphatic hydroxyl groups excluding tert-OH is 1. The molecule has 1 aromatic carbocycles. The number of carbonyl (C=O) groups excluding carboxylic acids is 2. The van der Waals surface area contributed by atoms with Crippen LogP contribution in [-0.2, 0) is 0 Å². The Morgan fingerprint density at radius 2 is 1.65 bits per heavy atom. The fourth-order valence-corrected chi connectivity index (χ4v) is 2.62. The number of rotatable bonds is 5. The van der Waals surface area contributed by atoms with E-state index in [0.29, 0.717) is 18.7 Å². The number of hydrogen-bond acceptors (Lipinski definition) is 3. The molecule has 0 aliphatic heterocycles. The van der Waals surface area contributed by atoms with Crippen molar-refractivity contribution in [3.63, 3.8) is 0 Å². The largest absolute Gasteiger partial charge is 0.393 e. The molecule has 0 bridgehead atoms. The van der Waals surface area contributed by atoms with E-state index in [1.165, 1.54) is 0 Å². The molecule has 0 aromatic heterocycles. The highest BCUT2D eigenvalue weighted by molar-refractivity contribution is 5.94. The fourth-order valence-electron chi connectivity index (χ4n) is 2.62. The van der Waals surface area contributed by atoms with E-state index in [1.54, 1.807) is 12.1 Å². The molecule has 0 spiro atoms. The van der Waals surface area contributed by atoms with Gasteiger partial charge in [0.1, 0.15) is 0 Å². The maximum Gasteiger partial charge on any atom is 0.315 e. The Labute approximate surface area is 136 Å². The summed E-state index contributed by atoms with van der Waals surface area (Å²) in [7, 11) is 0. The smallest absolute Gasteiger partial charge is 0.315 e. The third-order valence-corrected chi connectivity index (χ3v) is 4.04. The molecule has 2 rings (SSSR count). The molecule has 1 aliphatic rings. The van der Waals surface area contributed by atoms with Gasteiger partial charge < -0.3 is 21.1 Å². The normalized spacial score (nSPS) is 20.6. The summed E-state index contributed by atoms with van der Waals surface area (Å²) in [6.45, 7) is 2.72. The molecule has 1 saturated carbocycles. The van der Waals surface area contributed by atoms with Gasteiger partial charge in [0, 0.05) is 24.7 Å². The van der Waals surface area contributed by atoms with Gasteiger partial charge in [-0.05, 0) is 44.7 Å². The highest BCUT2D eigenvalue weighted by atomic mass is 16.3. The predicted molar refractivity (Wildman–Crippen MR) is 88.3 cm³/mol. The van der Waals surface area contributed by atoms with Gasteiger partial charge >= 0.3 is 6.03 Å². The molecule has 1 aliphatic carbocycles. The minimum atomic E-state index is -0.229. The highest BCUT2D eigenvalue weighted by Gasteiger charge is 2.20. The second-order valence-electron chi connectivity index (χ2n) is 6.03. The van der Waals surface area contributed by atoms with Crippen LogP contribution in [0, 0.1) is 6.92 Å². The summed E-state index contributed by atoms with van der Waals surface area (Å²) in [5, 5.41) is 17.8. The van der Waals surface area contributed by atoms with Crippen LogP contribution in [0.3, 0.4) is 0 Å². The lowest BCUT2D eigenvalue weighted by Crippen LogP contribution is -2.46. The Balaban J connectivity index is 1.60. The Bertz CT molecular complexity index is 522. The second kappa shape index (κ2) is 8.53. The first kappa shape index (κ1) is 17.3. The molecule has 3 amide bonds. The van der Waals surface area contributed by atoms with Gasteiger partial charge in [0.25, 0.3) is 5.91 Å². The Morgan fingerprint density at radius 3 is 2.30 bits per heavy atom. The van der Waals surface area contributed by atoms with Gasteiger partial charge in [-0.15, -0.1) is 0 Å². The maximum absolute atomic E-state index is 11.9. The number of benzene rings is 1. The van der Waals surface area contributed by atoms with Crippen molar-refractivity contribution in [2.45, 2.75) is 44.8 Å². The lowest BCUT2D eigenvalue weighted by molar-refractivity contribution is 0.0954. The van der Waals surface area contributed by atoms with Gasteiger partial charge in [0.05, 0.1) is 6.10 Å². The van der Waals surface area contributed by atoms with Gasteiger partial charge in [-0.25, -0.2) is 4.79 Å². The average Bonchev–Trinajstić information content (AvgIpc) is 2.54. The lowest BCUT2D eigenvalue weighted by atomic mass is 9.93. The van der Waals surface area contributed by atoms with Gasteiger partial charge in [-0.3, -0.25) is 4.79 Å². The molecular formula is C17H25N3O3. The van der Waals surface area contributed by atoms with Crippen LogP contribution < -0.4 is 16.0 Å². The summed E-state index contributed by atoms with van der Waals surface area (Å²) >= 11 is 0. The molecule has 0 unspecified atom stereocenters. The number of aryl methyl sites for hydroxylation is 1. The topological polar surface area (TPSA) is 90.5 Å². The van der Waals surface area contributed by atoms with Crippen LogP contribution in [-0.4, -0.2) is 42.3 Å². The Hall–Kier alpha value is -2.08. The van der Waals surface area contributed by atoms with Crippen molar-refractivity contribution >= 4 is 11.9 Å². The molecular weight excluding hydrogens is 294 g/mol. The summed E-state index contributed by atoms with van der Waals surface area (Å²) in [6, 6.07) is 7.24. The Kier molecular flexibility index (Phi) is 6.40. The molecule has 1 fully saturated rings. The van der Waals surface area contributed by atoms with Crippen LogP contribution in [0.5, 0.6) is 0 Å². The van der Waals surface area contributed by atoms with Crippen molar-refractivity contribution in [3.8, 4) is 0 Å². The number of aliphatic hydroxyl groups is 1. The molecule has 0 saturated heterocycles. The number of amides is 3. The summed E-state index contributed by atoms with van der Waals surface area (Å²) in [6.07, 6.45) is 2.85. The second-order valence-corrected chi connectivity index (χ2v) is 6.03. The molecule has 0 radical (unpaired) electrons. The first-order valence-corrected chi connectivity index (χ1v) is 8.12. The van der Waals surface area contributed by atoms with Gasteiger partial charge in [0.15, 0.2) is 0 Å². The quantitative estimate of drug-likeness (QED) is 0.617. The highest BCUT2D eigenvalue weighted by Crippen LogP contribution is 2.17. The van der Waals surface area contributed by atoms with Crippen molar-refractivity contribution < 1.29 is 14.7 Å². The summed E-state index contributed by atoms with van der Waals surface area (Å²) in [5.74, 6) is -0.145. The third kappa shape index (κ3) is 5.90. The van der Waals surface area contributed by atoms with E-state index >= 15 is 0 Å². The van der Waals surface area contributed by atoms with Crippen molar-refractivity contribution in [2.75, 3.05) is 13.1 Å². The fraction of sp³-hybridized carbons (Fsp3) is 0.529. The van der Waals surface area contributed by atoms with E-state index in [4.69, 9.17) is 0 Å². The zero-order valence-electron chi connectivity index (χ0n) is 13.5. The van der Waals surface area contributed by atoms with Crippen LogP contribution in [0.25, 0.3) is 0 Å².